The van der Waals surface area contributed by atoms with Gasteiger partial charge in [0.15, 0.2) is 0 Å². The van der Waals surface area contributed by atoms with Crippen LogP contribution in [-0.4, -0.2) is 36.8 Å². The molecular weight excluding hydrogens is 326 g/mol. The zero-order chi connectivity index (χ0) is 17.5. The maximum atomic E-state index is 12.6. The molecule has 1 aromatic rings. The molecule has 0 saturated carbocycles. The van der Waals surface area contributed by atoms with Gasteiger partial charge in [0.05, 0.1) is 5.56 Å². The van der Waals surface area contributed by atoms with E-state index in [2.05, 4.69) is 15.5 Å². The number of nitrogens with one attached hydrogen (secondary N) is 2. The van der Waals surface area contributed by atoms with Crippen LogP contribution in [0.3, 0.4) is 0 Å². The predicted molar refractivity (Wildman–Crippen MR) is 99.1 cm³/mol. The van der Waals surface area contributed by atoms with Gasteiger partial charge in [-0.1, -0.05) is 6.92 Å². The molecule has 2 rings (SSSR count). The highest BCUT2D eigenvalue weighted by atomic mass is 35.5. The van der Waals surface area contributed by atoms with E-state index in [1.165, 1.54) is 6.42 Å². The Morgan fingerprint density at radius 3 is 2.58 bits per heavy atom. The Morgan fingerprint density at radius 1 is 1.25 bits per heavy atom. The largest absolute Gasteiger partial charge is 0.371 e. The number of alkyl halides is 1. The molecule has 132 valence electrons. The van der Waals surface area contributed by atoms with Gasteiger partial charge in [-0.3, -0.25) is 9.59 Å². The first-order valence-corrected chi connectivity index (χ1v) is 9.08. The quantitative estimate of drug-likeness (QED) is 0.772. The minimum atomic E-state index is -0.621. The third-order valence-corrected chi connectivity index (χ3v) is 4.30. The summed E-state index contributed by atoms with van der Waals surface area (Å²) in [5.74, 6) is -0.380. The smallest absolute Gasteiger partial charge is 0.253 e. The van der Waals surface area contributed by atoms with Gasteiger partial charge in [0.25, 0.3) is 5.91 Å². The maximum Gasteiger partial charge on any atom is 0.253 e. The number of benzene rings is 1. The predicted octanol–water partition coefficient (Wildman–Crippen LogP) is 3.38. The molecule has 1 aliphatic heterocycles. The van der Waals surface area contributed by atoms with E-state index in [-0.39, 0.29) is 11.8 Å². The summed E-state index contributed by atoms with van der Waals surface area (Å²) in [5, 5.41) is 5.06. The molecule has 1 saturated heterocycles. The Morgan fingerprint density at radius 2 is 1.96 bits per heavy atom. The van der Waals surface area contributed by atoms with Crippen molar-refractivity contribution in [3.8, 4) is 0 Å². The Bertz CT molecular complexity index is 584. The second-order valence-electron chi connectivity index (χ2n) is 6.14. The van der Waals surface area contributed by atoms with Crippen molar-refractivity contribution in [2.75, 3.05) is 29.9 Å². The van der Waals surface area contributed by atoms with Crippen molar-refractivity contribution in [3.63, 3.8) is 0 Å². The lowest BCUT2D eigenvalue weighted by molar-refractivity contribution is -0.115. The molecule has 1 heterocycles. The highest BCUT2D eigenvalue weighted by Crippen LogP contribution is 2.27. The molecule has 6 heteroatoms. The maximum absolute atomic E-state index is 12.6. The van der Waals surface area contributed by atoms with Crippen LogP contribution in [0.4, 0.5) is 11.4 Å². The van der Waals surface area contributed by atoms with E-state index in [9.17, 15) is 9.59 Å². The first-order chi connectivity index (χ1) is 11.5. The molecule has 5 nitrogen and oxygen atoms in total. The van der Waals surface area contributed by atoms with E-state index >= 15 is 0 Å². The van der Waals surface area contributed by atoms with Crippen LogP contribution < -0.4 is 15.5 Å². The highest BCUT2D eigenvalue weighted by molar-refractivity contribution is 6.32. The van der Waals surface area contributed by atoms with E-state index in [0.29, 0.717) is 17.8 Å². The first kappa shape index (κ1) is 18.6. The average molecular weight is 352 g/mol. The summed E-state index contributed by atoms with van der Waals surface area (Å²) in [4.78, 5) is 26.6. The van der Waals surface area contributed by atoms with E-state index in [1.54, 1.807) is 13.0 Å². The molecule has 2 N–H and O–H groups in total. The van der Waals surface area contributed by atoms with Crippen molar-refractivity contribution < 1.29 is 9.59 Å². The Balaban J connectivity index is 2.28. The second-order valence-corrected chi connectivity index (χ2v) is 6.80. The normalized spacial score (nSPS) is 15.7. The van der Waals surface area contributed by atoms with Crippen molar-refractivity contribution in [1.29, 1.82) is 0 Å². The monoisotopic (exact) mass is 351 g/mol. The zero-order valence-corrected chi connectivity index (χ0v) is 15.2. The molecule has 24 heavy (non-hydrogen) atoms. The molecule has 0 radical (unpaired) electrons. The fourth-order valence-electron chi connectivity index (χ4n) is 2.78. The molecule has 0 spiro atoms. The molecule has 0 bridgehead atoms. The number of carbonyl (C=O) groups excluding carboxylic acids is 2. The molecular formula is C18H26ClN3O2. The van der Waals surface area contributed by atoms with Gasteiger partial charge in [0, 0.05) is 31.0 Å². The number of rotatable bonds is 6. The van der Waals surface area contributed by atoms with E-state index in [1.807, 2.05) is 19.1 Å². The summed E-state index contributed by atoms with van der Waals surface area (Å²) >= 11 is 5.80. The van der Waals surface area contributed by atoms with Gasteiger partial charge in [-0.2, -0.15) is 0 Å². The van der Waals surface area contributed by atoms with Gasteiger partial charge in [0.1, 0.15) is 5.38 Å². The minimum absolute atomic E-state index is 0.104. The molecule has 0 unspecified atom stereocenters. The Kier molecular flexibility index (Phi) is 6.91. The van der Waals surface area contributed by atoms with Crippen molar-refractivity contribution in [2.45, 2.75) is 44.9 Å². The molecule has 0 aromatic heterocycles. The minimum Gasteiger partial charge on any atom is -0.371 e. The van der Waals surface area contributed by atoms with Gasteiger partial charge in [-0.15, -0.1) is 11.6 Å². The third-order valence-electron chi connectivity index (χ3n) is 4.10. The molecule has 1 atom stereocenters. The summed E-state index contributed by atoms with van der Waals surface area (Å²) in [5.41, 5.74) is 2.13. The van der Waals surface area contributed by atoms with Gasteiger partial charge in [-0.25, -0.2) is 0 Å². The number of piperidine rings is 1. The van der Waals surface area contributed by atoms with Crippen LogP contribution in [0, 0.1) is 0 Å². The summed E-state index contributed by atoms with van der Waals surface area (Å²) < 4.78 is 0. The molecule has 0 aliphatic carbocycles. The first-order valence-electron chi connectivity index (χ1n) is 8.65. The van der Waals surface area contributed by atoms with Crippen molar-refractivity contribution in [3.05, 3.63) is 23.8 Å². The van der Waals surface area contributed by atoms with Crippen molar-refractivity contribution in [2.24, 2.45) is 0 Å². The number of anilines is 2. The van der Waals surface area contributed by atoms with Crippen LogP contribution in [-0.2, 0) is 4.79 Å². The van der Waals surface area contributed by atoms with Gasteiger partial charge >= 0.3 is 0 Å². The molecule has 2 amide bonds. The Labute approximate surface area is 148 Å². The number of carbonyl (C=O) groups is 2. The van der Waals surface area contributed by atoms with Crippen molar-refractivity contribution >= 4 is 34.8 Å². The van der Waals surface area contributed by atoms with E-state index in [0.717, 1.165) is 38.0 Å². The Hall–Kier alpha value is -1.75. The summed E-state index contributed by atoms with van der Waals surface area (Å²) in [6.07, 6.45) is 4.39. The second kappa shape index (κ2) is 8.92. The van der Waals surface area contributed by atoms with Crippen LogP contribution in [0.2, 0.25) is 0 Å². The number of halogens is 1. The van der Waals surface area contributed by atoms with Gasteiger partial charge in [0.2, 0.25) is 5.91 Å². The van der Waals surface area contributed by atoms with Gasteiger partial charge in [-0.05, 0) is 50.8 Å². The lowest BCUT2D eigenvalue weighted by Crippen LogP contribution is -2.33. The summed E-state index contributed by atoms with van der Waals surface area (Å²) in [6.45, 7) is 6.18. The SMILES string of the molecule is CCCNC(=O)c1cc(NC(=O)[C@@H](C)Cl)ccc1N1CCCCC1. The molecule has 1 aliphatic rings. The lowest BCUT2D eigenvalue weighted by atomic mass is 10.1. The summed E-state index contributed by atoms with van der Waals surface area (Å²) in [7, 11) is 0. The fourth-order valence-corrected chi connectivity index (χ4v) is 2.84. The van der Waals surface area contributed by atoms with Gasteiger partial charge < -0.3 is 15.5 Å². The zero-order valence-electron chi connectivity index (χ0n) is 14.4. The number of hydrogen-bond donors (Lipinski definition) is 2. The number of nitrogens with zero attached hydrogens (tertiary/aromatic N) is 1. The molecule has 1 aromatic carbocycles. The molecule has 1 fully saturated rings. The average Bonchev–Trinajstić information content (AvgIpc) is 2.60. The number of amides is 2. The van der Waals surface area contributed by atoms with Crippen LogP contribution in [0.25, 0.3) is 0 Å². The number of hydrogen-bond acceptors (Lipinski definition) is 3. The fraction of sp³-hybridized carbons (Fsp3) is 0.556. The van der Waals surface area contributed by atoms with E-state index in [4.69, 9.17) is 11.6 Å². The topological polar surface area (TPSA) is 61.4 Å². The third kappa shape index (κ3) is 4.87. The van der Waals surface area contributed by atoms with Crippen LogP contribution in [0.15, 0.2) is 18.2 Å². The standard InChI is InChI=1S/C18H26ClN3O2/c1-3-9-20-18(24)15-12-14(21-17(23)13(2)19)7-8-16(15)22-10-5-4-6-11-22/h7-8,12-13H,3-6,9-11H2,1-2H3,(H,20,24)(H,21,23)/t13-/m1/s1. The van der Waals surface area contributed by atoms with E-state index < -0.39 is 5.38 Å². The lowest BCUT2D eigenvalue weighted by Gasteiger charge is -2.30. The van der Waals surface area contributed by atoms with Crippen LogP contribution in [0.5, 0.6) is 0 Å². The van der Waals surface area contributed by atoms with Crippen molar-refractivity contribution in [1.82, 2.24) is 5.32 Å². The van der Waals surface area contributed by atoms with Crippen LogP contribution >= 0.6 is 11.6 Å². The highest BCUT2D eigenvalue weighted by Gasteiger charge is 2.20. The van der Waals surface area contributed by atoms with Crippen LogP contribution in [0.1, 0.15) is 49.9 Å². The summed E-state index contributed by atoms with van der Waals surface area (Å²) in [6, 6.07) is 5.49.